The number of halogens is 1. The molecule has 1 amide bonds. The van der Waals surface area contributed by atoms with Gasteiger partial charge < -0.3 is 19.2 Å². The number of amides is 1. The Hall–Kier alpha value is -4.45. The summed E-state index contributed by atoms with van der Waals surface area (Å²) in [5.74, 6) is -1.44. The molecule has 2 aromatic carbocycles. The number of hydrogen-bond donors (Lipinski definition) is 2. The number of carbonyl (C=O) groups excluding carboxylic acids is 2. The molecule has 0 unspecified atom stereocenters. The molecule has 2 heterocycles. The van der Waals surface area contributed by atoms with Gasteiger partial charge in [0.2, 0.25) is 15.9 Å². The molecule has 0 spiro atoms. The molecular weight excluding hydrogens is 517 g/mol. The van der Waals surface area contributed by atoms with Crippen molar-refractivity contribution < 1.29 is 36.3 Å². The highest BCUT2D eigenvalue weighted by Crippen LogP contribution is 2.37. The summed E-state index contributed by atoms with van der Waals surface area (Å²) in [6.07, 6.45) is 0. The number of nitrogens with zero attached hydrogens (tertiary/aromatic N) is 1. The van der Waals surface area contributed by atoms with Crippen LogP contribution in [0.3, 0.4) is 0 Å². The van der Waals surface area contributed by atoms with Gasteiger partial charge in [0.25, 0.3) is 5.91 Å². The molecular formula is C26H24FN3O7S. The predicted octanol–water partition coefficient (Wildman–Crippen LogP) is 4.12. The highest BCUT2D eigenvalue weighted by molar-refractivity contribution is 7.92. The number of methoxy groups -OCH3 is 1. The Morgan fingerprint density at radius 2 is 1.84 bits per heavy atom. The lowest BCUT2D eigenvalue weighted by atomic mass is 10.0. The second-order valence-electron chi connectivity index (χ2n) is 8.04. The molecule has 10 nitrogen and oxygen atoms in total. The van der Waals surface area contributed by atoms with Gasteiger partial charge in [-0.05, 0) is 43.3 Å². The number of aromatic nitrogens is 1. The molecule has 0 aliphatic heterocycles. The quantitative estimate of drug-likeness (QED) is 0.302. The van der Waals surface area contributed by atoms with Crippen LogP contribution in [0.5, 0.6) is 5.88 Å². The SMILES string of the molecule is CCS(=O)(=O)Nc1cc2oc(-c3ccc(F)cc3)c(C(=O)NC)c2cc1COc1cccc(C(=O)OC)n1. The van der Waals surface area contributed by atoms with Crippen LogP contribution in [0.25, 0.3) is 22.3 Å². The molecule has 0 bridgehead atoms. The van der Waals surface area contributed by atoms with Gasteiger partial charge in [-0.25, -0.2) is 22.6 Å². The molecule has 198 valence electrons. The summed E-state index contributed by atoms with van der Waals surface area (Å²) in [6, 6.07) is 13.0. The number of esters is 1. The molecule has 38 heavy (non-hydrogen) atoms. The van der Waals surface area contributed by atoms with E-state index in [4.69, 9.17) is 9.15 Å². The lowest BCUT2D eigenvalue weighted by Gasteiger charge is -2.13. The first-order chi connectivity index (χ1) is 18.2. The summed E-state index contributed by atoms with van der Waals surface area (Å²) in [5, 5.41) is 2.96. The van der Waals surface area contributed by atoms with Crippen molar-refractivity contribution in [1.82, 2.24) is 10.3 Å². The number of furan rings is 1. The third-order valence-electron chi connectivity index (χ3n) is 5.61. The van der Waals surface area contributed by atoms with E-state index in [1.807, 2.05) is 0 Å². The number of nitrogens with one attached hydrogen (secondary N) is 2. The van der Waals surface area contributed by atoms with Crippen LogP contribution in [-0.2, 0) is 21.4 Å². The van der Waals surface area contributed by atoms with Crippen LogP contribution in [0.4, 0.5) is 10.1 Å². The van der Waals surface area contributed by atoms with Crippen LogP contribution < -0.4 is 14.8 Å². The second-order valence-corrected chi connectivity index (χ2v) is 10.1. The Kier molecular flexibility index (Phi) is 7.62. The number of pyridine rings is 1. The normalized spacial score (nSPS) is 11.3. The maximum atomic E-state index is 13.5. The number of fused-ring (bicyclic) bond motifs is 1. The second kappa shape index (κ2) is 10.9. The van der Waals surface area contributed by atoms with Crippen molar-refractivity contribution in [3.8, 4) is 17.2 Å². The van der Waals surface area contributed by atoms with Crippen molar-refractivity contribution in [2.24, 2.45) is 0 Å². The largest absolute Gasteiger partial charge is 0.473 e. The monoisotopic (exact) mass is 541 g/mol. The number of hydrogen-bond acceptors (Lipinski definition) is 8. The maximum Gasteiger partial charge on any atom is 0.356 e. The van der Waals surface area contributed by atoms with Crippen LogP contribution in [0.15, 0.2) is 59.0 Å². The average molecular weight is 542 g/mol. The molecule has 2 aromatic heterocycles. The Morgan fingerprint density at radius 3 is 2.50 bits per heavy atom. The van der Waals surface area contributed by atoms with Gasteiger partial charge in [0, 0.05) is 35.7 Å². The fourth-order valence-electron chi connectivity index (χ4n) is 3.66. The summed E-state index contributed by atoms with van der Waals surface area (Å²) in [4.78, 5) is 28.8. The molecule has 0 aliphatic carbocycles. The molecule has 2 N–H and O–H groups in total. The van der Waals surface area contributed by atoms with Crippen molar-refractivity contribution in [3.05, 3.63) is 77.2 Å². The summed E-state index contributed by atoms with van der Waals surface area (Å²) in [5.41, 5.74) is 1.45. The topological polar surface area (TPSA) is 137 Å². The molecule has 0 atom stereocenters. The van der Waals surface area contributed by atoms with Crippen LogP contribution in [0.2, 0.25) is 0 Å². The van der Waals surface area contributed by atoms with Crippen molar-refractivity contribution in [3.63, 3.8) is 0 Å². The van der Waals surface area contributed by atoms with Gasteiger partial charge in [-0.3, -0.25) is 9.52 Å². The Bertz CT molecular complexity index is 1620. The standard InChI is InChI=1S/C26H24FN3O7S/c1-4-38(33,34)30-20-13-21-18(12-16(20)14-36-22-7-5-6-19(29-22)26(32)35-3)23(25(31)28-2)24(37-21)15-8-10-17(27)11-9-15/h5-13,30H,4,14H2,1-3H3,(H,28,31). The van der Waals surface area contributed by atoms with Crippen molar-refractivity contribution in [1.29, 1.82) is 0 Å². The highest BCUT2D eigenvalue weighted by atomic mass is 32.2. The highest BCUT2D eigenvalue weighted by Gasteiger charge is 2.24. The van der Waals surface area contributed by atoms with E-state index in [2.05, 4.69) is 19.8 Å². The van der Waals surface area contributed by atoms with Crippen LogP contribution in [-0.4, -0.2) is 45.2 Å². The molecule has 4 rings (SSSR count). The Balaban J connectivity index is 1.84. The summed E-state index contributed by atoms with van der Waals surface area (Å²) >= 11 is 0. The minimum atomic E-state index is -3.69. The van der Waals surface area contributed by atoms with E-state index in [1.54, 1.807) is 12.1 Å². The minimum Gasteiger partial charge on any atom is -0.473 e. The predicted molar refractivity (Wildman–Crippen MR) is 138 cm³/mol. The van der Waals surface area contributed by atoms with Crippen LogP contribution in [0, 0.1) is 5.82 Å². The van der Waals surface area contributed by atoms with Gasteiger partial charge in [0.1, 0.15) is 23.8 Å². The number of ether oxygens (including phenoxy) is 2. The molecule has 0 aliphatic rings. The lowest BCUT2D eigenvalue weighted by molar-refractivity contribution is 0.0592. The van der Waals surface area contributed by atoms with E-state index in [0.29, 0.717) is 16.5 Å². The summed E-state index contributed by atoms with van der Waals surface area (Å²) < 4.78 is 57.3. The van der Waals surface area contributed by atoms with E-state index < -0.39 is 27.7 Å². The van der Waals surface area contributed by atoms with Crippen molar-refractivity contribution in [2.75, 3.05) is 24.6 Å². The minimum absolute atomic E-state index is 0.0352. The fourth-order valence-corrected chi connectivity index (χ4v) is 4.33. The molecule has 0 radical (unpaired) electrons. The zero-order chi connectivity index (χ0) is 27.4. The van der Waals surface area contributed by atoms with E-state index in [0.717, 1.165) is 0 Å². The molecule has 0 saturated heterocycles. The third kappa shape index (κ3) is 5.59. The first kappa shape index (κ1) is 26.6. The number of rotatable bonds is 9. The first-order valence-corrected chi connectivity index (χ1v) is 13.1. The smallest absolute Gasteiger partial charge is 0.356 e. The van der Waals surface area contributed by atoms with Gasteiger partial charge in [-0.2, -0.15) is 0 Å². The van der Waals surface area contributed by atoms with Gasteiger partial charge in [0.15, 0.2) is 5.69 Å². The van der Waals surface area contributed by atoms with Gasteiger partial charge in [0.05, 0.1) is 24.1 Å². The molecule has 12 heteroatoms. The van der Waals surface area contributed by atoms with E-state index in [-0.39, 0.29) is 46.5 Å². The maximum absolute atomic E-state index is 13.5. The fraction of sp³-hybridized carbons (Fsp3) is 0.192. The van der Waals surface area contributed by atoms with Gasteiger partial charge in [-0.15, -0.1) is 0 Å². The van der Waals surface area contributed by atoms with Crippen molar-refractivity contribution >= 4 is 38.6 Å². The number of sulfonamides is 1. The van der Waals surface area contributed by atoms with E-state index in [1.165, 1.54) is 63.5 Å². The van der Waals surface area contributed by atoms with E-state index in [9.17, 15) is 22.4 Å². The van der Waals surface area contributed by atoms with E-state index >= 15 is 0 Å². The summed E-state index contributed by atoms with van der Waals surface area (Å²) in [6.45, 7) is 1.32. The third-order valence-corrected chi connectivity index (χ3v) is 6.90. The van der Waals surface area contributed by atoms with Crippen LogP contribution >= 0.6 is 0 Å². The Labute approximate surface area is 217 Å². The van der Waals surface area contributed by atoms with Gasteiger partial charge in [-0.1, -0.05) is 6.07 Å². The first-order valence-electron chi connectivity index (χ1n) is 11.4. The number of carbonyl (C=O) groups is 2. The van der Waals surface area contributed by atoms with Crippen molar-refractivity contribution in [2.45, 2.75) is 13.5 Å². The molecule has 0 saturated carbocycles. The zero-order valence-corrected chi connectivity index (χ0v) is 21.5. The molecule has 4 aromatic rings. The number of anilines is 1. The van der Waals surface area contributed by atoms with Gasteiger partial charge >= 0.3 is 5.97 Å². The average Bonchev–Trinajstić information content (AvgIpc) is 3.29. The summed E-state index contributed by atoms with van der Waals surface area (Å²) in [7, 11) is -1.00. The lowest BCUT2D eigenvalue weighted by Crippen LogP contribution is -2.18. The molecule has 0 fully saturated rings. The van der Waals surface area contributed by atoms with Crippen LogP contribution in [0.1, 0.15) is 33.3 Å². The number of benzene rings is 2. The zero-order valence-electron chi connectivity index (χ0n) is 20.7. The Morgan fingerprint density at radius 1 is 1.11 bits per heavy atom.